The first-order valence-electron chi connectivity index (χ1n) is 36.6. The van der Waals surface area contributed by atoms with Gasteiger partial charge in [-0.15, -0.1) is 0 Å². The summed E-state index contributed by atoms with van der Waals surface area (Å²) in [5, 5.41) is 32.7. The van der Waals surface area contributed by atoms with E-state index >= 15 is 0 Å². The minimum absolute atomic E-state index is 0.0151. The number of fused-ring (bicyclic) bond motifs is 2. The summed E-state index contributed by atoms with van der Waals surface area (Å²) in [6.45, 7) is 12.7. The molecular weight excluding hydrogens is 1430 g/mol. The summed E-state index contributed by atoms with van der Waals surface area (Å²) in [5.74, 6) is -3.77. The number of hydrogen-bond donors (Lipinski definition) is 9. The number of nitrogens with zero attached hydrogens (tertiary/aromatic N) is 7. The van der Waals surface area contributed by atoms with Crippen LogP contribution in [0.1, 0.15) is 148 Å². The van der Waals surface area contributed by atoms with Gasteiger partial charge < -0.3 is 61.4 Å². The standard InChI is InChI=1S/C76H96N14O16S2/c1-47(2)64(85-61(91)16-8-7-11-30-89-62(92)25-26-63(89)93)68(96)82-57(14-12-28-78-70(77)99)67(95)81-50-19-17-49(18-20-50)39-105-72(100)79-29-34-104-58-23-21-53(66(94)86-71-83-56-13-9-10-15-59(56)107-71)55-38-88(31-27-51(55)58)60-24-22-52(65(84-60)69(97)98)54-37-80-90(48(54)3)46-75-41-73(4)40-74(5,42-75)44-76(43-73,45-75)106-35-32-87(6)33-36-108(101,102)103/h9-10,13,15,17-26,37,47,57,64H,7-8,11-12,14,16,27-36,38-46H2,1-6H3,(H,79,100)(H,81,95)(H,82,96)(H,85,91)(H,97,98)(H3,77,78,99)(H,83,86,94)(H,101,102,103)/t57-,64-,73?,74?,75?,76?/m0/s1. The number of alkyl carbamates (subject to hydrolysis) is 1. The fourth-order valence-corrected chi connectivity index (χ4v) is 18.5. The van der Waals surface area contributed by atoms with Crippen LogP contribution >= 0.6 is 11.3 Å². The molecule has 6 aromatic rings. The van der Waals surface area contributed by atoms with Crippen LogP contribution in [0.4, 0.5) is 26.2 Å². The molecule has 3 aromatic heterocycles. The summed E-state index contributed by atoms with van der Waals surface area (Å²) >= 11 is 1.34. The smallest absolute Gasteiger partial charge is 0.407 e. The number of nitrogens with one attached hydrogen (secondary N) is 6. The monoisotopic (exact) mass is 1520 g/mol. The lowest BCUT2D eigenvalue weighted by atomic mass is 9.39. The Morgan fingerprint density at radius 2 is 1.53 bits per heavy atom. The molecule has 3 aromatic carbocycles. The van der Waals surface area contributed by atoms with E-state index in [4.69, 9.17) is 30.0 Å². The van der Waals surface area contributed by atoms with Crippen LogP contribution in [0.3, 0.4) is 0 Å². The van der Waals surface area contributed by atoms with Gasteiger partial charge in [-0.05, 0) is 166 Å². The number of aromatic nitrogens is 4. The molecular formula is C76H96N14O16S2. The summed E-state index contributed by atoms with van der Waals surface area (Å²) in [6, 6.07) is 18.2. The Bertz CT molecular complexity index is 4470. The fourth-order valence-electron chi connectivity index (χ4n) is 17.1. The van der Waals surface area contributed by atoms with Crippen molar-refractivity contribution in [2.45, 2.75) is 155 Å². The zero-order valence-electron chi connectivity index (χ0n) is 61.7. The van der Waals surface area contributed by atoms with E-state index in [0.717, 1.165) is 64.9 Å². The number of amides is 9. The highest BCUT2D eigenvalue weighted by Gasteiger charge is 2.66. The van der Waals surface area contributed by atoms with E-state index in [1.165, 1.54) is 23.5 Å². The van der Waals surface area contributed by atoms with Crippen LogP contribution in [-0.4, -0.2) is 184 Å². The molecule has 12 rings (SSSR count). The van der Waals surface area contributed by atoms with Crippen LogP contribution in [0, 0.1) is 29.1 Å². The lowest BCUT2D eigenvalue weighted by molar-refractivity contribution is -0.248. The first kappa shape index (κ1) is 79.2. The second kappa shape index (κ2) is 33.7. The molecule has 578 valence electrons. The van der Waals surface area contributed by atoms with Gasteiger partial charge >= 0.3 is 18.1 Å². The molecule has 2 unspecified atom stereocenters. The molecule has 0 saturated heterocycles. The van der Waals surface area contributed by atoms with Gasteiger partial charge in [0.05, 0.1) is 40.9 Å². The maximum absolute atomic E-state index is 14.4. The molecule has 108 heavy (non-hydrogen) atoms. The number of ether oxygens (including phenoxy) is 3. The van der Waals surface area contributed by atoms with Gasteiger partial charge in [0.15, 0.2) is 10.8 Å². The molecule has 0 radical (unpaired) electrons. The predicted molar refractivity (Wildman–Crippen MR) is 403 cm³/mol. The number of aromatic carboxylic acids is 1. The summed E-state index contributed by atoms with van der Waals surface area (Å²) in [4.78, 5) is 131. The molecule has 9 amide bonds. The minimum atomic E-state index is -4.09. The van der Waals surface area contributed by atoms with E-state index in [1.54, 1.807) is 68.6 Å². The van der Waals surface area contributed by atoms with Crippen LogP contribution in [0.2, 0.25) is 0 Å². The molecule has 4 aliphatic carbocycles. The number of para-hydroxylation sites is 1. The number of hydrogen-bond acceptors (Lipinski definition) is 20. The van der Waals surface area contributed by atoms with Crippen molar-refractivity contribution in [3.8, 4) is 16.9 Å². The third kappa shape index (κ3) is 19.9. The van der Waals surface area contributed by atoms with Crippen molar-refractivity contribution < 1.29 is 75.4 Å². The largest absolute Gasteiger partial charge is 0.491 e. The number of pyridine rings is 1. The Morgan fingerprint density at radius 3 is 2.23 bits per heavy atom. The Hall–Kier alpha value is -9.89. The molecule has 30 nitrogen and oxygen atoms in total. The highest BCUT2D eigenvalue weighted by molar-refractivity contribution is 7.85. The number of carboxylic acids is 1. The number of nitrogens with two attached hydrogens (primary N) is 1. The molecule has 2 aliphatic heterocycles. The van der Waals surface area contributed by atoms with Gasteiger partial charge in [0.2, 0.25) is 17.7 Å². The predicted octanol–water partition coefficient (Wildman–Crippen LogP) is 8.14. The van der Waals surface area contributed by atoms with E-state index in [9.17, 15) is 61.2 Å². The van der Waals surface area contributed by atoms with Crippen LogP contribution in [0.15, 0.2) is 91.1 Å². The second-order valence-electron chi connectivity index (χ2n) is 30.4. The number of rotatable bonds is 36. The van der Waals surface area contributed by atoms with Gasteiger partial charge in [0.25, 0.3) is 27.8 Å². The molecule has 5 heterocycles. The van der Waals surface area contributed by atoms with Gasteiger partial charge in [0.1, 0.15) is 36.9 Å². The number of thiazole rings is 1. The first-order valence-corrected chi connectivity index (χ1v) is 39.0. The maximum atomic E-state index is 14.4. The number of carbonyl (C=O) groups excluding carboxylic acids is 8. The first-order chi connectivity index (χ1) is 51.4. The van der Waals surface area contributed by atoms with Crippen LogP contribution in [-0.2, 0) is 69.7 Å². The Kier molecular flexibility index (Phi) is 24.7. The van der Waals surface area contributed by atoms with E-state index in [-0.39, 0.29) is 122 Å². The van der Waals surface area contributed by atoms with E-state index in [1.807, 2.05) is 52.7 Å². The normalized spacial score (nSPS) is 20.5. The van der Waals surface area contributed by atoms with Crippen molar-refractivity contribution in [1.29, 1.82) is 0 Å². The van der Waals surface area contributed by atoms with Gasteiger partial charge in [-0.25, -0.2) is 24.4 Å². The van der Waals surface area contributed by atoms with Crippen molar-refractivity contribution >= 4 is 102 Å². The summed E-state index contributed by atoms with van der Waals surface area (Å²) in [5.41, 5.74) is 9.92. The molecule has 4 saturated carbocycles. The molecule has 6 aliphatic rings. The SMILES string of the molecule is Cc1c(-c2ccc(N3CCc4c(OCCNC(=O)OCc5ccc(NC(=O)[C@H](CCCNC(N)=O)NC(=O)[C@@H](NC(=O)CCCCCN6C(=O)C=CC6=O)C(C)C)cc5)ccc(C(=O)Nc5nc6ccccc6s5)c4C3)nc2C(=O)O)cnn1CC12CC3(C)CC(C)(C1)CC(OCCN(C)CCS(=O)(=O)O)(C3)C2. The highest BCUT2D eigenvalue weighted by atomic mass is 32.2. The summed E-state index contributed by atoms with van der Waals surface area (Å²) in [6.07, 6.45) is 11.5. The van der Waals surface area contributed by atoms with E-state index in [2.05, 4.69) is 50.7 Å². The number of benzene rings is 3. The molecule has 32 heteroatoms. The number of likely N-dealkylation sites (N-methyl/N-ethyl adjacent to an activating group) is 1. The molecule has 10 N–H and O–H groups in total. The Balaban J connectivity index is 0.701. The third-order valence-corrected chi connectivity index (χ3v) is 22.6. The van der Waals surface area contributed by atoms with Gasteiger partial charge in [-0.3, -0.25) is 48.2 Å². The van der Waals surface area contributed by atoms with Gasteiger partial charge in [-0.2, -0.15) is 13.5 Å². The molecule has 4 atom stereocenters. The van der Waals surface area contributed by atoms with E-state index < -0.39 is 58.0 Å². The van der Waals surface area contributed by atoms with Crippen LogP contribution in [0.25, 0.3) is 21.3 Å². The molecule has 0 spiro atoms. The number of unbranched alkanes of at least 4 members (excludes halogenated alkanes) is 2. The summed E-state index contributed by atoms with van der Waals surface area (Å²) < 4.78 is 53.8. The number of anilines is 3. The number of carboxylic acid groups (broad SMARTS) is 1. The van der Waals surface area contributed by atoms with Crippen molar-refractivity contribution in [2.75, 3.05) is 80.8 Å². The zero-order valence-corrected chi connectivity index (χ0v) is 63.3. The average Bonchev–Trinajstić information content (AvgIpc) is 0.865. The van der Waals surface area contributed by atoms with Gasteiger partial charge in [-0.1, -0.05) is 69.7 Å². The maximum Gasteiger partial charge on any atom is 0.407 e. The van der Waals surface area contributed by atoms with Gasteiger partial charge in [0, 0.05) is 98.0 Å². The number of carbonyl (C=O) groups is 9. The van der Waals surface area contributed by atoms with Crippen molar-refractivity contribution in [3.63, 3.8) is 0 Å². The number of imide groups is 1. The van der Waals surface area contributed by atoms with Crippen LogP contribution in [0.5, 0.6) is 5.75 Å². The Morgan fingerprint density at radius 1 is 0.787 bits per heavy atom. The fraction of sp³-hybridized carbons (Fsp3) is 0.500. The lowest BCUT2D eigenvalue weighted by Crippen LogP contribution is -2.64. The number of urea groups is 1. The number of primary amides is 1. The molecule has 4 bridgehead atoms. The minimum Gasteiger partial charge on any atom is -0.491 e. The van der Waals surface area contributed by atoms with Crippen molar-refractivity contribution in [3.05, 3.63) is 125 Å². The van der Waals surface area contributed by atoms with Crippen molar-refractivity contribution in [2.24, 2.45) is 27.9 Å². The molecule has 4 fully saturated rings. The zero-order chi connectivity index (χ0) is 77.3. The topological polar surface area (TPSA) is 407 Å². The average molecular weight is 1530 g/mol. The lowest BCUT2D eigenvalue weighted by Gasteiger charge is -2.69. The highest BCUT2D eigenvalue weighted by Crippen LogP contribution is 2.72. The van der Waals surface area contributed by atoms with Crippen LogP contribution < -0.4 is 47.3 Å². The Labute approximate surface area is 630 Å². The quantitative estimate of drug-likeness (QED) is 0.0102. The summed E-state index contributed by atoms with van der Waals surface area (Å²) in [7, 11) is -2.27. The van der Waals surface area contributed by atoms with Crippen molar-refractivity contribution in [1.82, 2.24) is 50.8 Å². The second-order valence-corrected chi connectivity index (χ2v) is 33.1. The van der Waals surface area contributed by atoms with E-state index in [0.29, 0.717) is 102 Å². The third-order valence-electron chi connectivity index (χ3n) is 21.0.